The van der Waals surface area contributed by atoms with Gasteiger partial charge in [-0.3, -0.25) is 9.89 Å². The monoisotopic (exact) mass is 282 g/mol. The molecule has 21 heavy (non-hydrogen) atoms. The van der Waals surface area contributed by atoms with Crippen molar-refractivity contribution in [1.29, 1.82) is 0 Å². The van der Waals surface area contributed by atoms with Crippen molar-refractivity contribution >= 4 is 22.6 Å². The van der Waals surface area contributed by atoms with Crippen molar-refractivity contribution in [2.24, 2.45) is 0 Å². The van der Waals surface area contributed by atoms with Crippen molar-refractivity contribution in [3.8, 4) is 0 Å². The molecule has 3 aromatic rings. The van der Waals surface area contributed by atoms with Gasteiger partial charge in [0.2, 0.25) is 5.82 Å². The van der Waals surface area contributed by atoms with Gasteiger partial charge < -0.3 is 10.3 Å². The highest BCUT2D eigenvalue weighted by molar-refractivity contribution is 6.02. The van der Waals surface area contributed by atoms with Crippen LogP contribution in [0.25, 0.3) is 11.0 Å². The Morgan fingerprint density at radius 1 is 1.33 bits per heavy atom. The van der Waals surface area contributed by atoms with Crippen LogP contribution in [0.4, 0.5) is 5.69 Å². The first-order valence-electron chi connectivity index (χ1n) is 6.89. The molecule has 2 aromatic heterocycles. The molecule has 0 spiro atoms. The number of hydrogen-bond donors (Lipinski definition) is 3. The molecule has 0 atom stereocenters. The fraction of sp³-hybridized carbons (Fsp3) is 0.286. The van der Waals surface area contributed by atoms with Crippen molar-refractivity contribution in [2.75, 3.05) is 5.32 Å². The second-order valence-corrected chi connectivity index (χ2v) is 5.33. The topological polar surface area (TPSA) is 99.3 Å². The molecule has 1 fully saturated rings. The third kappa shape index (κ3) is 2.26. The predicted molar refractivity (Wildman–Crippen MR) is 77.1 cm³/mol. The summed E-state index contributed by atoms with van der Waals surface area (Å²) in [5.41, 5.74) is 2.45. The summed E-state index contributed by atoms with van der Waals surface area (Å²) in [6.07, 6.45) is 2.23. The van der Waals surface area contributed by atoms with Crippen LogP contribution < -0.4 is 5.32 Å². The molecular weight excluding hydrogens is 268 g/mol. The average molecular weight is 282 g/mol. The molecule has 7 heteroatoms. The highest BCUT2D eigenvalue weighted by Crippen LogP contribution is 2.37. The van der Waals surface area contributed by atoms with Crippen LogP contribution in [0, 0.1) is 6.92 Å². The Kier molecular flexibility index (Phi) is 2.53. The van der Waals surface area contributed by atoms with E-state index in [1.54, 1.807) is 0 Å². The molecule has 0 radical (unpaired) electrons. The van der Waals surface area contributed by atoms with Gasteiger partial charge in [0, 0.05) is 11.6 Å². The second kappa shape index (κ2) is 4.41. The second-order valence-electron chi connectivity index (χ2n) is 5.33. The number of aryl methyl sites for hydroxylation is 1. The minimum absolute atomic E-state index is 0.179. The Bertz CT molecular complexity index is 829. The summed E-state index contributed by atoms with van der Waals surface area (Å²) in [5, 5.41) is 9.60. The lowest BCUT2D eigenvalue weighted by Crippen LogP contribution is -2.13. The van der Waals surface area contributed by atoms with Crippen LogP contribution in [0.3, 0.4) is 0 Å². The number of nitrogens with one attached hydrogen (secondary N) is 3. The third-order valence-corrected chi connectivity index (χ3v) is 3.53. The molecule has 0 saturated heterocycles. The third-order valence-electron chi connectivity index (χ3n) is 3.53. The van der Waals surface area contributed by atoms with Crippen molar-refractivity contribution in [3.63, 3.8) is 0 Å². The summed E-state index contributed by atoms with van der Waals surface area (Å²) in [4.78, 5) is 23.8. The van der Waals surface area contributed by atoms with Gasteiger partial charge in [0.1, 0.15) is 11.6 Å². The highest BCUT2D eigenvalue weighted by Gasteiger charge is 2.28. The van der Waals surface area contributed by atoms with Gasteiger partial charge >= 0.3 is 0 Å². The van der Waals surface area contributed by atoms with E-state index in [9.17, 15) is 4.79 Å². The van der Waals surface area contributed by atoms with E-state index in [0.29, 0.717) is 11.6 Å². The lowest BCUT2D eigenvalue weighted by molar-refractivity contribution is 0.101. The smallest absolute Gasteiger partial charge is 0.295 e. The van der Waals surface area contributed by atoms with Gasteiger partial charge in [-0.1, -0.05) is 0 Å². The number of aromatic nitrogens is 5. The van der Waals surface area contributed by atoms with Crippen LogP contribution in [0.5, 0.6) is 0 Å². The van der Waals surface area contributed by atoms with Gasteiger partial charge in [-0.2, -0.15) is 0 Å². The molecule has 0 aliphatic heterocycles. The van der Waals surface area contributed by atoms with E-state index in [2.05, 4.69) is 30.5 Å². The van der Waals surface area contributed by atoms with Gasteiger partial charge in [0.15, 0.2) is 0 Å². The van der Waals surface area contributed by atoms with Gasteiger partial charge in [-0.05, 0) is 38.0 Å². The molecule has 1 amide bonds. The molecule has 7 nitrogen and oxygen atoms in total. The van der Waals surface area contributed by atoms with Crippen molar-refractivity contribution in [3.05, 3.63) is 35.7 Å². The van der Waals surface area contributed by atoms with Gasteiger partial charge in [-0.25, -0.2) is 9.97 Å². The Morgan fingerprint density at radius 3 is 3.00 bits per heavy atom. The first kappa shape index (κ1) is 12.1. The van der Waals surface area contributed by atoms with E-state index in [0.717, 1.165) is 35.5 Å². The van der Waals surface area contributed by atoms with E-state index in [4.69, 9.17) is 0 Å². The zero-order valence-electron chi connectivity index (χ0n) is 11.5. The predicted octanol–water partition coefficient (Wildman–Crippen LogP) is 2.12. The molecule has 2 heterocycles. The maximum atomic E-state index is 12.1. The lowest BCUT2D eigenvalue weighted by Gasteiger charge is -2.01. The largest absolute Gasteiger partial charge is 0.342 e. The van der Waals surface area contributed by atoms with E-state index in [-0.39, 0.29) is 11.7 Å². The normalized spacial score (nSPS) is 14.5. The summed E-state index contributed by atoms with van der Waals surface area (Å²) in [5.74, 6) is 1.96. The molecule has 1 aromatic carbocycles. The fourth-order valence-electron chi connectivity index (χ4n) is 2.32. The zero-order chi connectivity index (χ0) is 14.4. The number of aromatic amines is 2. The molecule has 1 aliphatic carbocycles. The van der Waals surface area contributed by atoms with Crippen LogP contribution in [-0.2, 0) is 0 Å². The van der Waals surface area contributed by atoms with Crippen molar-refractivity contribution in [2.45, 2.75) is 25.7 Å². The number of fused-ring (bicyclic) bond motifs is 1. The summed E-state index contributed by atoms with van der Waals surface area (Å²) in [6, 6.07) is 5.53. The van der Waals surface area contributed by atoms with Crippen molar-refractivity contribution < 1.29 is 4.79 Å². The zero-order valence-corrected chi connectivity index (χ0v) is 11.5. The molecule has 0 unspecified atom stereocenters. The summed E-state index contributed by atoms with van der Waals surface area (Å²) in [6.45, 7) is 1.89. The van der Waals surface area contributed by atoms with E-state index in [1.807, 2.05) is 25.1 Å². The van der Waals surface area contributed by atoms with E-state index < -0.39 is 0 Å². The standard InChI is InChI=1S/C14H14N6O/c1-7-15-10-5-4-9(6-11(10)16-7)17-14(21)13-18-12(19-20-13)8-2-3-8/h4-6,8H,2-3H2,1H3,(H,15,16)(H,17,21)(H,18,19,20). The number of carbonyl (C=O) groups excluding carboxylic acids is 1. The number of H-pyrrole nitrogens is 2. The maximum Gasteiger partial charge on any atom is 0.295 e. The average Bonchev–Trinajstić information content (AvgIpc) is 3.06. The summed E-state index contributed by atoms with van der Waals surface area (Å²) in [7, 11) is 0. The number of nitrogens with zero attached hydrogens (tertiary/aromatic N) is 3. The number of rotatable bonds is 3. The van der Waals surface area contributed by atoms with E-state index >= 15 is 0 Å². The number of carbonyl (C=O) groups is 1. The molecular formula is C14H14N6O. The van der Waals surface area contributed by atoms with Crippen LogP contribution >= 0.6 is 0 Å². The van der Waals surface area contributed by atoms with Gasteiger partial charge in [0.25, 0.3) is 5.91 Å². The first-order valence-corrected chi connectivity index (χ1v) is 6.89. The van der Waals surface area contributed by atoms with Crippen molar-refractivity contribution in [1.82, 2.24) is 25.1 Å². The molecule has 1 saturated carbocycles. The molecule has 4 rings (SSSR count). The molecule has 106 valence electrons. The summed E-state index contributed by atoms with van der Waals surface area (Å²) < 4.78 is 0. The van der Waals surface area contributed by atoms with Crippen LogP contribution in [0.15, 0.2) is 18.2 Å². The van der Waals surface area contributed by atoms with Crippen LogP contribution in [0.2, 0.25) is 0 Å². The molecule has 3 N–H and O–H groups in total. The maximum absolute atomic E-state index is 12.1. The highest BCUT2D eigenvalue weighted by atomic mass is 16.2. The van der Waals surface area contributed by atoms with Gasteiger partial charge in [0.05, 0.1) is 11.0 Å². The number of anilines is 1. The summed E-state index contributed by atoms with van der Waals surface area (Å²) >= 11 is 0. The first-order chi connectivity index (χ1) is 10.2. The minimum atomic E-state index is -0.311. The Morgan fingerprint density at radius 2 is 2.19 bits per heavy atom. The Hall–Kier alpha value is -2.70. The Balaban J connectivity index is 1.55. The Labute approximate surface area is 120 Å². The van der Waals surface area contributed by atoms with Gasteiger partial charge in [-0.15, -0.1) is 5.10 Å². The lowest BCUT2D eigenvalue weighted by atomic mass is 10.2. The van der Waals surface area contributed by atoms with Crippen LogP contribution in [0.1, 0.15) is 41.0 Å². The van der Waals surface area contributed by atoms with Crippen LogP contribution in [-0.4, -0.2) is 31.1 Å². The number of benzene rings is 1. The number of amides is 1. The molecule has 1 aliphatic rings. The quantitative estimate of drug-likeness (QED) is 0.685. The molecule has 0 bridgehead atoms. The fourth-order valence-corrected chi connectivity index (χ4v) is 2.32. The van der Waals surface area contributed by atoms with E-state index in [1.165, 1.54) is 0 Å². The number of hydrogen-bond acceptors (Lipinski definition) is 4. The minimum Gasteiger partial charge on any atom is -0.342 e. The SMILES string of the molecule is Cc1nc2ccc(NC(=O)c3n[nH]c(C4CC4)n3)cc2[nH]1. The number of imidazole rings is 1.